The molecule has 0 aliphatic carbocycles. The van der Waals surface area contributed by atoms with Crippen LogP contribution in [0.4, 0.5) is 0 Å². The fourth-order valence-corrected chi connectivity index (χ4v) is 1.87. The third-order valence-electron chi connectivity index (χ3n) is 2.58. The van der Waals surface area contributed by atoms with Crippen LogP contribution in [-0.4, -0.2) is 5.78 Å². The van der Waals surface area contributed by atoms with Crippen molar-refractivity contribution in [2.45, 2.75) is 6.04 Å². The van der Waals surface area contributed by atoms with Crippen LogP contribution in [-0.2, 0) is 0 Å². The highest BCUT2D eigenvalue weighted by Gasteiger charge is 2.19. The summed E-state index contributed by atoms with van der Waals surface area (Å²) >= 11 is 5.97. The number of hydrogen-bond donors (Lipinski definition) is 1. The fourth-order valence-electron chi connectivity index (χ4n) is 1.64. The Morgan fingerprint density at radius 3 is 2.24 bits per heavy atom. The first kappa shape index (κ1) is 11.8. The molecule has 0 fully saturated rings. The zero-order valence-corrected chi connectivity index (χ0v) is 9.89. The molecule has 2 N–H and O–H groups in total. The summed E-state index contributed by atoms with van der Waals surface area (Å²) in [4.78, 5) is 12.2. The predicted octanol–water partition coefficient (Wildman–Crippen LogP) is 3.22. The Hall–Kier alpha value is -1.64. The van der Waals surface area contributed by atoms with Crippen LogP contribution < -0.4 is 5.73 Å². The largest absolute Gasteiger partial charge is 0.318 e. The summed E-state index contributed by atoms with van der Waals surface area (Å²) in [6, 6.07) is 15.5. The summed E-state index contributed by atoms with van der Waals surface area (Å²) in [5, 5.41) is 0.434. The summed E-state index contributed by atoms with van der Waals surface area (Å²) in [5.74, 6) is -0.165. The number of rotatable bonds is 3. The number of ketones is 1. The van der Waals surface area contributed by atoms with Gasteiger partial charge in [0, 0.05) is 5.56 Å². The van der Waals surface area contributed by atoms with Crippen molar-refractivity contribution in [3.8, 4) is 0 Å². The van der Waals surface area contributed by atoms with E-state index >= 15 is 0 Å². The molecular formula is C14H12ClNO. The van der Waals surface area contributed by atoms with Crippen LogP contribution in [0.5, 0.6) is 0 Å². The molecule has 2 rings (SSSR count). The van der Waals surface area contributed by atoms with E-state index in [1.165, 1.54) is 0 Å². The third kappa shape index (κ3) is 2.54. The number of Topliss-reactive ketones (excluding diaryl/α,β-unsaturated/α-hetero) is 1. The van der Waals surface area contributed by atoms with Crippen molar-refractivity contribution in [2.75, 3.05) is 0 Å². The minimum absolute atomic E-state index is 0.165. The normalized spacial score (nSPS) is 12.1. The Balaban J connectivity index is 2.30. The van der Waals surface area contributed by atoms with Crippen LogP contribution in [0.15, 0.2) is 54.6 Å². The van der Waals surface area contributed by atoms with Gasteiger partial charge in [-0.15, -0.1) is 0 Å². The predicted molar refractivity (Wildman–Crippen MR) is 69.2 cm³/mol. The average Bonchev–Trinajstić information content (AvgIpc) is 2.39. The second-order valence-electron chi connectivity index (χ2n) is 3.73. The zero-order valence-electron chi connectivity index (χ0n) is 9.14. The van der Waals surface area contributed by atoms with Gasteiger partial charge in [-0.3, -0.25) is 4.79 Å². The molecule has 0 saturated carbocycles. The van der Waals surface area contributed by atoms with Gasteiger partial charge in [0.25, 0.3) is 0 Å². The Kier molecular flexibility index (Phi) is 3.57. The van der Waals surface area contributed by atoms with Gasteiger partial charge in [-0.25, -0.2) is 0 Å². The number of carbonyl (C=O) groups excluding carboxylic acids is 1. The van der Waals surface area contributed by atoms with Gasteiger partial charge in [-0.2, -0.15) is 0 Å². The molecule has 0 saturated heterocycles. The molecule has 0 spiro atoms. The lowest BCUT2D eigenvalue weighted by Crippen LogP contribution is -2.21. The molecule has 2 aromatic carbocycles. The Bertz CT molecular complexity index is 525. The maximum Gasteiger partial charge on any atom is 0.185 e. The molecule has 0 aromatic heterocycles. The molecule has 1 atom stereocenters. The van der Waals surface area contributed by atoms with Gasteiger partial charge in [-0.1, -0.05) is 54.1 Å². The monoisotopic (exact) mass is 245 g/mol. The van der Waals surface area contributed by atoms with Crippen molar-refractivity contribution in [1.82, 2.24) is 0 Å². The molecular weight excluding hydrogens is 234 g/mol. The van der Waals surface area contributed by atoms with Gasteiger partial charge in [0.15, 0.2) is 5.78 Å². The van der Waals surface area contributed by atoms with Gasteiger partial charge in [0.05, 0.1) is 11.1 Å². The number of nitrogens with two attached hydrogens (primary N) is 1. The van der Waals surface area contributed by atoms with E-state index < -0.39 is 6.04 Å². The molecule has 0 aliphatic heterocycles. The lowest BCUT2D eigenvalue weighted by molar-refractivity contribution is 0.0961. The van der Waals surface area contributed by atoms with Crippen LogP contribution in [0, 0.1) is 0 Å². The molecule has 0 radical (unpaired) electrons. The van der Waals surface area contributed by atoms with Crippen molar-refractivity contribution in [3.05, 3.63) is 70.7 Å². The van der Waals surface area contributed by atoms with Gasteiger partial charge >= 0.3 is 0 Å². The molecule has 17 heavy (non-hydrogen) atoms. The highest BCUT2D eigenvalue weighted by molar-refractivity contribution is 6.34. The minimum Gasteiger partial charge on any atom is -0.318 e. The highest BCUT2D eigenvalue weighted by Crippen LogP contribution is 2.21. The van der Waals surface area contributed by atoms with Crippen molar-refractivity contribution < 1.29 is 4.79 Å². The summed E-state index contributed by atoms with van der Waals surface area (Å²) in [7, 11) is 0. The van der Waals surface area contributed by atoms with E-state index in [0.717, 1.165) is 5.56 Å². The number of carbonyl (C=O) groups is 1. The summed E-state index contributed by atoms with van der Waals surface area (Å²) in [6.07, 6.45) is 0. The number of hydrogen-bond acceptors (Lipinski definition) is 2. The first-order valence-electron chi connectivity index (χ1n) is 5.29. The van der Waals surface area contributed by atoms with Crippen LogP contribution in [0.3, 0.4) is 0 Å². The molecule has 0 bridgehead atoms. The van der Waals surface area contributed by atoms with Crippen molar-refractivity contribution in [3.63, 3.8) is 0 Å². The first-order chi connectivity index (χ1) is 8.20. The second-order valence-corrected chi connectivity index (χ2v) is 4.14. The lowest BCUT2D eigenvalue weighted by atomic mass is 9.98. The average molecular weight is 246 g/mol. The van der Waals surface area contributed by atoms with Crippen molar-refractivity contribution in [1.29, 1.82) is 0 Å². The topological polar surface area (TPSA) is 43.1 Å². The van der Waals surface area contributed by atoms with Crippen molar-refractivity contribution in [2.24, 2.45) is 5.73 Å². The summed E-state index contributed by atoms with van der Waals surface area (Å²) in [6.45, 7) is 0. The molecule has 2 aromatic rings. The second kappa shape index (κ2) is 5.13. The van der Waals surface area contributed by atoms with Crippen LogP contribution >= 0.6 is 11.6 Å². The first-order valence-corrected chi connectivity index (χ1v) is 5.67. The lowest BCUT2D eigenvalue weighted by Gasteiger charge is -2.11. The minimum atomic E-state index is -0.670. The van der Waals surface area contributed by atoms with E-state index in [-0.39, 0.29) is 5.78 Å². The van der Waals surface area contributed by atoms with E-state index in [1.807, 2.05) is 30.3 Å². The van der Waals surface area contributed by atoms with E-state index in [9.17, 15) is 4.79 Å². The van der Waals surface area contributed by atoms with E-state index in [2.05, 4.69) is 0 Å². The number of benzene rings is 2. The van der Waals surface area contributed by atoms with Gasteiger partial charge in [0.1, 0.15) is 0 Å². The summed E-state index contributed by atoms with van der Waals surface area (Å²) < 4.78 is 0. The van der Waals surface area contributed by atoms with Crippen LogP contribution in [0.2, 0.25) is 5.02 Å². The fraction of sp³-hybridized carbons (Fsp3) is 0.0714. The van der Waals surface area contributed by atoms with E-state index in [4.69, 9.17) is 17.3 Å². The van der Waals surface area contributed by atoms with E-state index in [0.29, 0.717) is 10.6 Å². The Morgan fingerprint density at radius 2 is 1.59 bits per heavy atom. The maximum atomic E-state index is 12.2. The number of halogens is 1. The zero-order chi connectivity index (χ0) is 12.3. The highest BCUT2D eigenvalue weighted by atomic mass is 35.5. The molecule has 0 amide bonds. The standard InChI is InChI=1S/C14H12ClNO/c15-12-9-5-4-8-11(12)14(17)13(16)10-6-2-1-3-7-10/h1-9,13H,16H2. The molecule has 2 nitrogen and oxygen atoms in total. The van der Waals surface area contributed by atoms with Gasteiger partial charge in [-0.05, 0) is 17.7 Å². The van der Waals surface area contributed by atoms with Crippen LogP contribution in [0.25, 0.3) is 0 Å². The smallest absolute Gasteiger partial charge is 0.185 e. The quantitative estimate of drug-likeness (QED) is 0.844. The molecule has 1 unspecified atom stereocenters. The molecule has 86 valence electrons. The Morgan fingerprint density at radius 1 is 1.00 bits per heavy atom. The SMILES string of the molecule is NC(C(=O)c1ccccc1Cl)c1ccccc1. The van der Waals surface area contributed by atoms with Gasteiger partial charge < -0.3 is 5.73 Å². The van der Waals surface area contributed by atoms with Crippen molar-refractivity contribution >= 4 is 17.4 Å². The molecule has 0 heterocycles. The maximum absolute atomic E-state index is 12.2. The third-order valence-corrected chi connectivity index (χ3v) is 2.91. The van der Waals surface area contributed by atoms with E-state index in [1.54, 1.807) is 24.3 Å². The summed E-state index contributed by atoms with van der Waals surface area (Å²) in [5.41, 5.74) is 7.18. The van der Waals surface area contributed by atoms with Crippen LogP contribution in [0.1, 0.15) is 22.0 Å². The van der Waals surface area contributed by atoms with Gasteiger partial charge in [0.2, 0.25) is 0 Å². The Labute approximate surface area is 105 Å². The molecule has 3 heteroatoms. The molecule has 0 aliphatic rings.